The molecule has 0 spiro atoms. The Balaban J connectivity index is 2.10. The largest absolute Gasteiger partial charge is 0.497 e. The van der Waals surface area contributed by atoms with Crippen molar-refractivity contribution in [2.45, 2.75) is 13.3 Å². The number of esters is 1. The van der Waals surface area contributed by atoms with Crippen LogP contribution < -0.4 is 4.74 Å². The molecule has 0 unspecified atom stereocenters. The van der Waals surface area contributed by atoms with Gasteiger partial charge >= 0.3 is 5.97 Å². The topological polar surface area (TPSA) is 52.6 Å². The highest BCUT2D eigenvalue weighted by molar-refractivity contribution is 6.05. The van der Waals surface area contributed by atoms with Crippen LogP contribution in [0, 0.1) is 0 Å². The lowest BCUT2D eigenvalue weighted by molar-refractivity contribution is 0.0615. The smallest absolute Gasteiger partial charge is 0.343 e. The molecule has 0 saturated carbocycles. The number of rotatable bonds is 6. The third-order valence-electron chi connectivity index (χ3n) is 3.25. The summed E-state index contributed by atoms with van der Waals surface area (Å²) in [7, 11) is 1.56. The maximum Gasteiger partial charge on any atom is 0.343 e. The molecule has 0 aromatic heterocycles. The maximum atomic E-state index is 12.1. The van der Waals surface area contributed by atoms with Crippen molar-refractivity contribution < 1.29 is 19.1 Å². The minimum absolute atomic E-state index is 0.190. The Bertz CT molecular complexity index is 700. The van der Waals surface area contributed by atoms with Crippen molar-refractivity contribution in [2.24, 2.45) is 0 Å². The monoisotopic (exact) mass is 310 g/mol. The summed E-state index contributed by atoms with van der Waals surface area (Å²) in [6.07, 6.45) is 1.80. The molecule has 2 aromatic rings. The molecule has 0 saturated heterocycles. The first kappa shape index (κ1) is 16.5. The lowest BCUT2D eigenvalue weighted by Crippen LogP contribution is -2.06. The van der Waals surface area contributed by atoms with E-state index in [-0.39, 0.29) is 5.78 Å². The highest BCUT2D eigenvalue weighted by Crippen LogP contribution is 2.15. The molecule has 0 aliphatic heterocycles. The van der Waals surface area contributed by atoms with Crippen LogP contribution in [0.4, 0.5) is 0 Å². The molecule has 23 heavy (non-hydrogen) atoms. The van der Waals surface area contributed by atoms with E-state index in [0.717, 1.165) is 0 Å². The first-order valence-corrected chi connectivity index (χ1v) is 7.30. The second kappa shape index (κ2) is 7.94. The molecule has 0 heterocycles. The fourth-order valence-corrected chi connectivity index (χ4v) is 1.94. The van der Waals surface area contributed by atoms with E-state index in [0.29, 0.717) is 29.1 Å². The van der Waals surface area contributed by atoms with Crippen LogP contribution in [-0.2, 0) is 4.74 Å². The molecule has 2 aromatic carbocycles. The van der Waals surface area contributed by atoms with Gasteiger partial charge in [-0.15, -0.1) is 0 Å². The van der Waals surface area contributed by atoms with Crippen molar-refractivity contribution in [3.63, 3.8) is 0 Å². The summed E-state index contributed by atoms with van der Waals surface area (Å²) in [5, 5.41) is 0. The van der Waals surface area contributed by atoms with Gasteiger partial charge in [0.25, 0.3) is 0 Å². The predicted molar refractivity (Wildman–Crippen MR) is 87.6 cm³/mol. The fourth-order valence-electron chi connectivity index (χ4n) is 1.94. The molecule has 4 heteroatoms. The molecule has 2 rings (SSSR count). The zero-order valence-electron chi connectivity index (χ0n) is 13.1. The summed E-state index contributed by atoms with van der Waals surface area (Å²) < 4.78 is 10.4. The summed E-state index contributed by atoms with van der Waals surface area (Å²) in [5.41, 5.74) is 0.955. The van der Waals surface area contributed by atoms with Crippen molar-refractivity contribution in [3.05, 3.63) is 77.6 Å². The van der Waals surface area contributed by atoms with E-state index in [1.165, 1.54) is 6.08 Å². The molecule has 0 N–H and O–H groups in total. The summed E-state index contributed by atoms with van der Waals surface area (Å²) >= 11 is 0. The van der Waals surface area contributed by atoms with Gasteiger partial charge in [0.05, 0.1) is 12.7 Å². The van der Waals surface area contributed by atoms with Gasteiger partial charge in [0.2, 0.25) is 0 Å². The summed E-state index contributed by atoms with van der Waals surface area (Å²) in [6, 6.07) is 15.5. The van der Waals surface area contributed by atoms with Gasteiger partial charge in [0, 0.05) is 18.1 Å². The van der Waals surface area contributed by atoms with Crippen LogP contribution in [0.2, 0.25) is 0 Å². The van der Waals surface area contributed by atoms with E-state index in [1.807, 2.05) is 13.0 Å². The number of carbonyl (C=O) groups is 2. The molecule has 0 bridgehead atoms. The number of hydrogen-bond donors (Lipinski definition) is 0. The molecule has 4 nitrogen and oxygen atoms in total. The quantitative estimate of drug-likeness (QED) is 0.350. The lowest BCUT2D eigenvalue weighted by atomic mass is 10.1. The minimum Gasteiger partial charge on any atom is -0.497 e. The number of allylic oxidation sites excluding steroid dienone is 2. The minimum atomic E-state index is -0.499. The van der Waals surface area contributed by atoms with E-state index in [2.05, 4.69) is 0 Å². The van der Waals surface area contributed by atoms with Gasteiger partial charge < -0.3 is 9.47 Å². The molecule has 0 aliphatic rings. The van der Waals surface area contributed by atoms with Crippen molar-refractivity contribution in [1.82, 2.24) is 0 Å². The molecule has 0 fully saturated rings. The Morgan fingerprint density at radius 1 is 0.957 bits per heavy atom. The molecule has 0 atom stereocenters. The number of carbonyl (C=O) groups excluding carboxylic acids is 2. The third kappa shape index (κ3) is 4.54. The number of hydrogen-bond acceptors (Lipinski definition) is 4. The van der Waals surface area contributed by atoms with Crippen LogP contribution in [0.15, 0.2) is 66.4 Å². The van der Waals surface area contributed by atoms with Gasteiger partial charge in [-0.05, 0) is 24.3 Å². The van der Waals surface area contributed by atoms with Gasteiger partial charge in [-0.25, -0.2) is 4.79 Å². The molecule has 0 radical (unpaired) electrons. The second-order valence-corrected chi connectivity index (χ2v) is 4.81. The SMILES string of the molecule is CC/C(=C\C(=O)c1ccccc1)OC(=O)c1ccc(OC)cc1. The van der Waals surface area contributed by atoms with Gasteiger partial charge in [-0.3, -0.25) is 4.79 Å². The van der Waals surface area contributed by atoms with Gasteiger partial charge in [-0.2, -0.15) is 0 Å². The van der Waals surface area contributed by atoms with Crippen LogP contribution in [0.5, 0.6) is 5.75 Å². The Kier molecular flexibility index (Phi) is 5.69. The average Bonchev–Trinajstić information content (AvgIpc) is 2.61. The summed E-state index contributed by atoms with van der Waals surface area (Å²) in [6.45, 7) is 1.82. The highest BCUT2D eigenvalue weighted by Gasteiger charge is 2.11. The average molecular weight is 310 g/mol. The van der Waals surface area contributed by atoms with E-state index in [4.69, 9.17) is 9.47 Å². The fraction of sp³-hybridized carbons (Fsp3) is 0.158. The Morgan fingerprint density at radius 2 is 1.61 bits per heavy atom. The number of ketones is 1. The Labute approximate surface area is 135 Å². The Hall–Kier alpha value is -2.88. The van der Waals surface area contributed by atoms with Crippen molar-refractivity contribution >= 4 is 11.8 Å². The van der Waals surface area contributed by atoms with Crippen molar-refractivity contribution in [2.75, 3.05) is 7.11 Å². The summed E-state index contributed by atoms with van der Waals surface area (Å²) in [5.74, 6) is 0.304. The molecule has 0 aliphatic carbocycles. The first-order chi connectivity index (χ1) is 11.1. The van der Waals surface area contributed by atoms with Gasteiger partial charge in [0.1, 0.15) is 11.5 Å². The van der Waals surface area contributed by atoms with Gasteiger partial charge in [-0.1, -0.05) is 37.3 Å². The van der Waals surface area contributed by atoms with E-state index < -0.39 is 5.97 Å². The second-order valence-electron chi connectivity index (χ2n) is 4.81. The van der Waals surface area contributed by atoms with Crippen LogP contribution in [-0.4, -0.2) is 18.9 Å². The van der Waals surface area contributed by atoms with Crippen molar-refractivity contribution in [3.8, 4) is 5.75 Å². The highest BCUT2D eigenvalue weighted by atomic mass is 16.5. The van der Waals surface area contributed by atoms with E-state index >= 15 is 0 Å². The number of methoxy groups -OCH3 is 1. The standard InChI is InChI=1S/C19H18O4/c1-3-16(13-18(20)14-7-5-4-6-8-14)23-19(21)15-9-11-17(22-2)12-10-15/h4-13H,3H2,1-2H3/b16-13+. The Morgan fingerprint density at radius 3 is 2.17 bits per heavy atom. The molecule has 0 amide bonds. The summed E-state index contributed by atoms with van der Waals surface area (Å²) in [4.78, 5) is 24.2. The zero-order chi connectivity index (χ0) is 16.7. The maximum absolute atomic E-state index is 12.1. The van der Waals surface area contributed by atoms with Crippen LogP contribution >= 0.6 is 0 Å². The van der Waals surface area contributed by atoms with Crippen LogP contribution in [0.25, 0.3) is 0 Å². The van der Waals surface area contributed by atoms with Crippen LogP contribution in [0.1, 0.15) is 34.1 Å². The van der Waals surface area contributed by atoms with Crippen LogP contribution in [0.3, 0.4) is 0 Å². The number of ether oxygens (including phenoxy) is 2. The molecular weight excluding hydrogens is 292 g/mol. The normalized spacial score (nSPS) is 11.0. The van der Waals surface area contributed by atoms with Gasteiger partial charge in [0.15, 0.2) is 5.78 Å². The van der Waals surface area contributed by atoms with Crippen molar-refractivity contribution in [1.29, 1.82) is 0 Å². The number of benzene rings is 2. The molecule has 118 valence electrons. The zero-order valence-corrected chi connectivity index (χ0v) is 13.1. The van der Waals surface area contributed by atoms with E-state index in [1.54, 1.807) is 55.6 Å². The van der Waals surface area contributed by atoms with E-state index in [9.17, 15) is 9.59 Å². The predicted octanol–water partition coefficient (Wildman–Crippen LogP) is 4.03. The first-order valence-electron chi connectivity index (χ1n) is 7.30. The molecular formula is C19H18O4. The third-order valence-corrected chi connectivity index (χ3v) is 3.25. The lowest BCUT2D eigenvalue weighted by Gasteiger charge is -2.07.